The largest absolute Gasteiger partial charge is 0.468 e. The van der Waals surface area contributed by atoms with Crippen molar-refractivity contribution in [3.63, 3.8) is 0 Å². The van der Waals surface area contributed by atoms with E-state index >= 15 is 0 Å². The van der Waals surface area contributed by atoms with Gasteiger partial charge in [-0.1, -0.05) is 54.6 Å². The third-order valence-electron chi connectivity index (χ3n) is 5.45. The number of benzene rings is 3. The van der Waals surface area contributed by atoms with E-state index < -0.39 is 17.9 Å². The first kappa shape index (κ1) is 21.2. The molecule has 162 valence electrons. The molecule has 0 spiro atoms. The molecule has 0 bridgehead atoms. The van der Waals surface area contributed by atoms with E-state index in [9.17, 15) is 18.8 Å². The van der Waals surface area contributed by atoms with Gasteiger partial charge < -0.3 is 15.0 Å². The zero-order valence-electron chi connectivity index (χ0n) is 17.4. The van der Waals surface area contributed by atoms with Crippen LogP contribution in [-0.4, -0.2) is 36.3 Å². The fourth-order valence-electron chi connectivity index (χ4n) is 3.90. The first-order valence-electron chi connectivity index (χ1n) is 10.1. The van der Waals surface area contributed by atoms with E-state index in [2.05, 4.69) is 10.1 Å². The van der Waals surface area contributed by atoms with Gasteiger partial charge in [-0.25, -0.2) is 4.39 Å². The average Bonchev–Trinajstić information content (AvgIpc) is 3.10. The maximum absolute atomic E-state index is 13.4. The number of fused-ring (bicyclic) bond motifs is 1. The highest BCUT2D eigenvalue weighted by Crippen LogP contribution is 2.36. The topological polar surface area (TPSA) is 75.7 Å². The molecular formula is C25H21FN2O4. The fraction of sp³-hybridized carbons (Fsp3) is 0.160. The molecule has 1 aliphatic heterocycles. The van der Waals surface area contributed by atoms with E-state index in [0.717, 1.165) is 16.7 Å². The van der Waals surface area contributed by atoms with Crippen molar-refractivity contribution in [3.05, 3.63) is 95.3 Å². The zero-order chi connectivity index (χ0) is 22.7. The number of ether oxygens (including phenoxy) is 1. The number of nitrogens with one attached hydrogen (secondary N) is 1. The highest BCUT2D eigenvalue weighted by molar-refractivity contribution is 6.05. The summed E-state index contributed by atoms with van der Waals surface area (Å²) >= 11 is 0. The molecule has 0 aliphatic carbocycles. The Morgan fingerprint density at radius 1 is 0.969 bits per heavy atom. The minimum Gasteiger partial charge on any atom is -0.468 e. The maximum atomic E-state index is 13.4. The van der Waals surface area contributed by atoms with Crippen LogP contribution in [0.1, 0.15) is 27.5 Å². The molecule has 1 aliphatic rings. The number of carbonyl (C=O) groups excluding carboxylic acids is 3. The fourth-order valence-corrected chi connectivity index (χ4v) is 3.90. The normalized spacial score (nSPS) is 14.8. The van der Waals surface area contributed by atoms with E-state index in [1.54, 1.807) is 36.4 Å². The summed E-state index contributed by atoms with van der Waals surface area (Å²) in [5.74, 6) is -1.65. The minimum atomic E-state index is -0.885. The standard InChI is InChI=1S/C25H21FN2O4/c1-32-22(29)14-27-24(30)23-20-8-4-5-9-21(20)25(31)28(23)15-17-6-2-3-7-19(17)16-10-12-18(26)13-11-16/h2-13,23H,14-15H2,1H3,(H,27,30). The number of methoxy groups -OCH3 is 1. The molecule has 32 heavy (non-hydrogen) atoms. The van der Waals surface area contributed by atoms with Gasteiger partial charge in [-0.3, -0.25) is 14.4 Å². The minimum absolute atomic E-state index is 0.164. The van der Waals surface area contributed by atoms with Gasteiger partial charge in [-0.15, -0.1) is 0 Å². The number of nitrogens with zero attached hydrogens (tertiary/aromatic N) is 1. The number of carbonyl (C=O) groups is 3. The molecule has 0 saturated heterocycles. The number of rotatable bonds is 6. The first-order valence-corrected chi connectivity index (χ1v) is 10.1. The van der Waals surface area contributed by atoms with E-state index in [1.807, 2.05) is 24.3 Å². The first-order chi connectivity index (χ1) is 15.5. The Kier molecular flexibility index (Phi) is 5.98. The predicted octanol–water partition coefficient (Wildman–Crippen LogP) is 3.48. The van der Waals surface area contributed by atoms with Gasteiger partial charge in [0.25, 0.3) is 5.91 Å². The molecule has 1 heterocycles. The van der Waals surface area contributed by atoms with Crippen LogP contribution in [0.3, 0.4) is 0 Å². The second kappa shape index (κ2) is 9.01. The van der Waals surface area contributed by atoms with Crippen LogP contribution in [0.4, 0.5) is 4.39 Å². The predicted molar refractivity (Wildman–Crippen MR) is 116 cm³/mol. The lowest BCUT2D eigenvalue weighted by molar-refractivity contribution is -0.141. The third kappa shape index (κ3) is 4.09. The van der Waals surface area contributed by atoms with Crippen LogP contribution in [0.2, 0.25) is 0 Å². The average molecular weight is 432 g/mol. The molecular weight excluding hydrogens is 411 g/mol. The maximum Gasteiger partial charge on any atom is 0.325 e. The number of halogens is 1. The van der Waals surface area contributed by atoms with Gasteiger partial charge >= 0.3 is 5.97 Å². The lowest BCUT2D eigenvalue weighted by Crippen LogP contribution is -2.40. The van der Waals surface area contributed by atoms with Crippen molar-refractivity contribution in [1.82, 2.24) is 10.2 Å². The molecule has 0 aromatic heterocycles. The van der Waals surface area contributed by atoms with Gasteiger partial charge in [0.15, 0.2) is 0 Å². The van der Waals surface area contributed by atoms with E-state index in [0.29, 0.717) is 11.1 Å². The van der Waals surface area contributed by atoms with Crippen molar-refractivity contribution in [2.24, 2.45) is 0 Å². The quantitative estimate of drug-likeness (QED) is 0.605. The second-order valence-electron chi connectivity index (χ2n) is 7.38. The number of amides is 2. The molecule has 0 fully saturated rings. The van der Waals surface area contributed by atoms with Crippen LogP contribution in [0.25, 0.3) is 11.1 Å². The molecule has 6 nitrogen and oxygen atoms in total. The van der Waals surface area contributed by atoms with Crippen LogP contribution < -0.4 is 5.32 Å². The van der Waals surface area contributed by atoms with Gasteiger partial charge in [-0.05, 0) is 40.5 Å². The van der Waals surface area contributed by atoms with Crippen molar-refractivity contribution in [2.45, 2.75) is 12.6 Å². The third-order valence-corrected chi connectivity index (χ3v) is 5.45. The van der Waals surface area contributed by atoms with E-state index in [4.69, 9.17) is 0 Å². The van der Waals surface area contributed by atoms with Gasteiger partial charge in [-0.2, -0.15) is 0 Å². The van der Waals surface area contributed by atoms with Crippen molar-refractivity contribution >= 4 is 17.8 Å². The Hall–Kier alpha value is -4.00. The van der Waals surface area contributed by atoms with Crippen LogP contribution >= 0.6 is 0 Å². The molecule has 1 unspecified atom stereocenters. The summed E-state index contributed by atoms with van der Waals surface area (Å²) in [5.41, 5.74) is 3.48. The lowest BCUT2D eigenvalue weighted by atomic mass is 9.99. The summed E-state index contributed by atoms with van der Waals surface area (Å²) in [4.78, 5) is 39.2. The van der Waals surface area contributed by atoms with Crippen molar-refractivity contribution < 1.29 is 23.5 Å². The highest BCUT2D eigenvalue weighted by atomic mass is 19.1. The molecule has 0 saturated carbocycles. The molecule has 3 aromatic rings. The summed E-state index contributed by atoms with van der Waals surface area (Å²) in [6.45, 7) is -0.125. The van der Waals surface area contributed by atoms with Crippen LogP contribution in [-0.2, 0) is 20.9 Å². The molecule has 0 radical (unpaired) electrons. The van der Waals surface area contributed by atoms with E-state index in [1.165, 1.54) is 24.1 Å². The number of hydrogen-bond acceptors (Lipinski definition) is 4. The van der Waals surface area contributed by atoms with Crippen LogP contribution in [0.5, 0.6) is 0 Å². The van der Waals surface area contributed by atoms with Gasteiger partial charge in [0.05, 0.1) is 7.11 Å². The monoisotopic (exact) mass is 432 g/mol. The lowest BCUT2D eigenvalue weighted by Gasteiger charge is -2.25. The van der Waals surface area contributed by atoms with Gasteiger partial charge in [0.2, 0.25) is 5.91 Å². The molecule has 3 aromatic carbocycles. The molecule has 2 amide bonds. The molecule has 7 heteroatoms. The summed E-state index contributed by atoms with van der Waals surface area (Å²) in [5, 5.41) is 2.56. The van der Waals surface area contributed by atoms with Crippen LogP contribution in [0, 0.1) is 5.82 Å². The Bertz CT molecular complexity index is 1180. The Morgan fingerprint density at radius 3 is 2.34 bits per heavy atom. The van der Waals surface area contributed by atoms with Crippen LogP contribution in [0.15, 0.2) is 72.8 Å². The smallest absolute Gasteiger partial charge is 0.325 e. The Labute approximate surface area is 184 Å². The van der Waals surface area contributed by atoms with Crippen molar-refractivity contribution in [2.75, 3.05) is 13.7 Å². The second-order valence-corrected chi connectivity index (χ2v) is 7.38. The molecule has 1 atom stereocenters. The SMILES string of the molecule is COC(=O)CNC(=O)C1c2ccccc2C(=O)N1Cc1ccccc1-c1ccc(F)cc1. The van der Waals surface area contributed by atoms with Crippen molar-refractivity contribution in [3.8, 4) is 11.1 Å². The number of hydrogen-bond donors (Lipinski definition) is 1. The van der Waals surface area contributed by atoms with Gasteiger partial charge in [0.1, 0.15) is 18.4 Å². The van der Waals surface area contributed by atoms with Crippen molar-refractivity contribution in [1.29, 1.82) is 0 Å². The summed E-state index contributed by atoms with van der Waals surface area (Å²) < 4.78 is 18.0. The molecule has 1 N–H and O–H groups in total. The Balaban J connectivity index is 1.68. The summed E-state index contributed by atoms with van der Waals surface area (Å²) in [6.07, 6.45) is 0. The zero-order valence-corrected chi connectivity index (χ0v) is 17.4. The summed E-state index contributed by atoms with van der Waals surface area (Å²) in [6, 6.07) is 19.6. The molecule has 4 rings (SSSR count). The van der Waals surface area contributed by atoms with Gasteiger partial charge in [0, 0.05) is 12.1 Å². The Morgan fingerprint density at radius 2 is 1.62 bits per heavy atom. The van der Waals surface area contributed by atoms with E-state index in [-0.39, 0.29) is 24.8 Å². The number of esters is 1. The highest BCUT2D eigenvalue weighted by Gasteiger charge is 2.41. The summed E-state index contributed by atoms with van der Waals surface area (Å²) in [7, 11) is 1.24.